The fourth-order valence-corrected chi connectivity index (χ4v) is 5.30. The Bertz CT molecular complexity index is 1720. The number of carbonyl (C=O) groups is 1. The molecule has 0 radical (unpaired) electrons. The van der Waals surface area contributed by atoms with Crippen molar-refractivity contribution in [3.05, 3.63) is 65.6 Å². The van der Waals surface area contributed by atoms with E-state index in [4.69, 9.17) is 4.74 Å². The third kappa shape index (κ3) is 4.56. The molecule has 10 heteroatoms. The van der Waals surface area contributed by atoms with Gasteiger partial charge >= 0.3 is 11.8 Å². The van der Waals surface area contributed by atoms with Gasteiger partial charge in [0.25, 0.3) is 0 Å². The number of pyridine rings is 2. The molecule has 1 saturated heterocycles. The number of nitrogens with zero attached hydrogens (tertiary/aromatic N) is 6. The maximum atomic E-state index is 13.5. The Labute approximate surface area is 225 Å². The summed E-state index contributed by atoms with van der Waals surface area (Å²) in [5.41, 5.74) is 5.58. The summed E-state index contributed by atoms with van der Waals surface area (Å²) in [6.07, 6.45) is 8.20. The van der Waals surface area contributed by atoms with E-state index in [1.165, 1.54) is 0 Å². The van der Waals surface area contributed by atoms with Gasteiger partial charge in [0.05, 0.1) is 34.6 Å². The van der Waals surface area contributed by atoms with Gasteiger partial charge < -0.3 is 9.64 Å². The molecular formula is C29H31N7O3. The van der Waals surface area contributed by atoms with Crippen LogP contribution in [0.5, 0.6) is 0 Å². The van der Waals surface area contributed by atoms with Gasteiger partial charge in [-0.25, -0.2) is 9.59 Å². The lowest BCUT2D eigenvalue weighted by molar-refractivity contribution is 0.0188. The third-order valence-corrected chi connectivity index (χ3v) is 7.29. The SMILES string of the molecule is Cn1c(=O)n(C2CCN(C(=O)OC(C)(C)C)CC2)c2c3cc(-c4ccc(-c5cn[nH]c5)nc4)ccc3ncc21. The van der Waals surface area contributed by atoms with Crippen LogP contribution >= 0.6 is 0 Å². The summed E-state index contributed by atoms with van der Waals surface area (Å²) in [6, 6.07) is 10.1. The molecule has 1 aromatic carbocycles. The van der Waals surface area contributed by atoms with Crippen LogP contribution in [0.25, 0.3) is 44.3 Å². The summed E-state index contributed by atoms with van der Waals surface area (Å²) < 4.78 is 9.11. The molecule has 39 heavy (non-hydrogen) atoms. The van der Waals surface area contributed by atoms with Crippen molar-refractivity contribution in [3.8, 4) is 22.4 Å². The van der Waals surface area contributed by atoms with Crippen LogP contribution in [-0.4, -0.2) is 59.0 Å². The summed E-state index contributed by atoms with van der Waals surface area (Å²) in [7, 11) is 1.78. The highest BCUT2D eigenvalue weighted by molar-refractivity contribution is 6.04. The van der Waals surface area contributed by atoms with Crippen molar-refractivity contribution in [2.24, 2.45) is 7.05 Å². The molecule has 1 aliphatic rings. The van der Waals surface area contributed by atoms with E-state index in [1.54, 1.807) is 28.9 Å². The van der Waals surface area contributed by atoms with Crippen molar-refractivity contribution in [2.75, 3.05) is 13.1 Å². The molecule has 1 N–H and O–H groups in total. The molecule has 10 nitrogen and oxygen atoms in total. The highest BCUT2D eigenvalue weighted by Gasteiger charge is 2.30. The van der Waals surface area contributed by atoms with Gasteiger partial charge in [0.1, 0.15) is 5.60 Å². The first kappa shape index (κ1) is 24.8. The fourth-order valence-electron chi connectivity index (χ4n) is 5.30. The zero-order valence-electron chi connectivity index (χ0n) is 22.5. The van der Waals surface area contributed by atoms with Crippen LogP contribution in [0.15, 0.2) is 59.9 Å². The number of likely N-dealkylation sites (tertiary alicyclic amines) is 1. The second kappa shape index (κ2) is 9.37. The van der Waals surface area contributed by atoms with E-state index < -0.39 is 5.60 Å². The zero-order chi connectivity index (χ0) is 27.3. The predicted octanol–water partition coefficient (Wildman–Crippen LogP) is 4.91. The number of benzene rings is 1. The van der Waals surface area contributed by atoms with Crippen LogP contribution in [0.2, 0.25) is 0 Å². The molecule has 0 spiro atoms. The van der Waals surface area contributed by atoms with Gasteiger partial charge in [-0.15, -0.1) is 0 Å². The Morgan fingerprint density at radius 3 is 2.44 bits per heavy atom. The van der Waals surface area contributed by atoms with Crippen molar-refractivity contribution in [1.82, 2.24) is 34.2 Å². The Hall–Kier alpha value is -4.47. The normalized spacial score (nSPS) is 14.8. The van der Waals surface area contributed by atoms with E-state index in [1.807, 2.05) is 62.0 Å². The van der Waals surface area contributed by atoms with Crippen LogP contribution in [0.4, 0.5) is 4.79 Å². The molecule has 5 heterocycles. The third-order valence-electron chi connectivity index (χ3n) is 7.29. The Morgan fingerprint density at radius 1 is 1.00 bits per heavy atom. The minimum atomic E-state index is -0.542. The van der Waals surface area contributed by atoms with Gasteiger partial charge in [-0.1, -0.05) is 12.1 Å². The number of aryl methyl sites for hydroxylation is 1. The average Bonchev–Trinajstić information content (AvgIpc) is 3.55. The van der Waals surface area contributed by atoms with Crippen LogP contribution in [-0.2, 0) is 11.8 Å². The summed E-state index contributed by atoms with van der Waals surface area (Å²) in [4.78, 5) is 37.1. The quantitative estimate of drug-likeness (QED) is 0.358. The lowest BCUT2D eigenvalue weighted by Gasteiger charge is -2.33. The first-order chi connectivity index (χ1) is 18.7. The zero-order valence-corrected chi connectivity index (χ0v) is 22.5. The number of aromatic nitrogens is 6. The number of fused-ring (bicyclic) bond motifs is 3. The van der Waals surface area contributed by atoms with E-state index in [9.17, 15) is 9.59 Å². The Kier molecular flexibility index (Phi) is 5.97. The van der Waals surface area contributed by atoms with Gasteiger partial charge in [0.2, 0.25) is 0 Å². The van der Waals surface area contributed by atoms with Gasteiger partial charge in [-0.3, -0.25) is 24.2 Å². The molecule has 1 aliphatic heterocycles. The smallest absolute Gasteiger partial charge is 0.410 e. The van der Waals surface area contributed by atoms with Crippen LogP contribution in [0, 0.1) is 0 Å². The number of ether oxygens (including phenoxy) is 1. The highest BCUT2D eigenvalue weighted by Crippen LogP contribution is 2.32. The van der Waals surface area contributed by atoms with E-state index in [2.05, 4.69) is 26.2 Å². The predicted molar refractivity (Wildman–Crippen MR) is 149 cm³/mol. The number of H-pyrrole nitrogens is 1. The summed E-state index contributed by atoms with van der Waals surface area (Å²) in [5, 5.41) is 7.73. The maximum Gasteiger partial charge on any atom is 0.410 e. The minimum absolute atomic E-state index is 0.0370. The molecule has 0 atom stereocenters. The number of nitrogens with one attached hydrogen (secondary N) is 1. The van der Waals surface area contributed by atoms with E-state index in [0.717, 1.165) is 44.3 Å². The van der Waals surface area contributed by atoms with Gasteiger partial charge in [-0.2, -0.15) is 5.10 Å². The molecule has 5 aromatic rings. The largest absolute Gasteiger partial charge is 0.444 e. The van der Waals surface area contributed by atoms with Crippen LogP contribution in [0.3, 0.4) is 0 Å². The van der Waals surface area contributed by atoms with Crippen LogP contribution in [0.1, 0.15) is 39.7 Å². The van der Waals surface area contributed by atoms with Gasteiger partial charge in [0.15, 0.2) is 0 Å². The summed E-state index contributed by atoms with van der Waals surface area (Å²) in [5.74, 6) is 0. The number of hydrogen-bond donors (Lipinski definition) is 1. The van der Waals surface area contributed by atoms with Crippen molar-refractivity contribution in [1.29, 1.82) is 0 Å². The van der Waals surface area contributed by atoms with Crippen molar-refractivity contribution in [2.45, 2.75) is 45.3 Å². The van der Waals surface area contributed by atoms with E-state index in [-0.39, 0.29) is 17.8 Å². The first-order valence-corrected chi connectivity index (χ1v) is 13.1. The number of amides is 1. The molecule has 1 amide bonds. The fraction of sp³-hybridized carbons (Fsp3) is 0.345. The van der Waals surface area contributed by atoms with Crippen molar-refractivity contribution >= 4 is 28.0 Å². The number of piperidine rings is 1. The molecule has 0 unspecified atom stereocenters. The number of imidazole rings is 1. The van der Waals surface area contributed by atoms with Gasteiger partial charge in [-0.05, 0) is 57.4 Å². The Morgan fingerprint density at radius 2 is 1.77 bits per heavy atom. The molecule has 4 aromatic heterocycles. The number of rotatable bonds is 3. The highest BCUT2D eigenvalue weighted by atomic mass is 16.6. The summed E-state index contributed by atoms with van der Waals surface area (Å²) >= 11 is 0. The Balaban J connectivity index is 1.37. The van der Waals surface area contributed by atoms with Crippen molar-refractivity contribution in [3.63, 3.8) is 0 Å². The topological polar surface area (TPSA) is 111 Å². The monoisotopic (exact) mass is 525 g/mol. The molecule has 6 rings (SSSR count). The molecule has 0 bridgehead atoms. The van der Waals surface area contributed by atoms with Crippen molar-refractivity contribution < 1.29 is 9.53 Å². The number of aromatic amines is 1. The number of hydrogen-bond acceptors (Lipinski definition) is 6. The first-order valence-electron chi connectivity index (χ1n) is 13.1. The molecule has 0 aliphatic carbocycles. The van der Waals surface area contributed by atoms with Crippen LogP contribution < -0.4 is 5.69 Å². The minimum Gasteiger partial charge on any atom is -0.444 e. The lowest BCUT2D eigenvalue weighted by atomic mass is 10.0. The molecule has 1 fully saturated rings. The molecular weight excluding hydrogens is 494 g/mol. The standard InChI is InChI=1S/C29H31N7O3/c1-29(2,3)39-28(38)35-11-9-21(10-12-35)36-26-22-13-18(5-8-24(22)31-17-25(26)34(4)27(36)37)19-6-7-23(30-14-19)20-15-32-33-16-20/h5-8,13-17,21H,9-12H2,1-4H3,(H,32,33). The number of carbonyl (C=O) groups excluding carboxylic acids is 1. The molecule has 200 valence electrons. The van der Waals surface area contributed by atoms with Gasteiger partial charge in [0, 0.05) is 55.1 Å². The maximum absolute atomic E-state index is 13.5. The van der Waals surface area contributed by atoms with E-state index >= 15 is 0 Å². The average molecular weight is 526 g/mol. The second-order valence-corrected chi connectivity index (χ2v) is 11.1. The van der Waals surface area contributed by atoms with E-state index in [0.29, 0.717) is 25.9 Å². The second-order valence-electron chi connectivity index (χ2n) is 11.1. The summed E-state index contributed by atoms with van der Waals surface area (Å²) in [6.45, 7) is 6.66. The molecule has 0 saturated carbocycles. The lowest BCUT2D eigenvalue weighted by Crippen LogP contribution is -2.43.